The summed E-state index contributed by atoms with van der Waals surface area (Å²) in [4.78, 5) is 28.0. The highest BCUT2D eigenvalue weighted by atomic mass is 16.5. The number of anilines is 1. The van der Waals surface area contributed by atoms with Crippen molar-refractivity contribution < 1.29 is 29.3 Å². The molecule has 7 nitrogen and oxygen atoms in total. The number of aliphatic hydroxyl groups is 1. The first-order chi connectivity index (χ1) is 18.5. The van der Waals surface area contributed by atoms with Crippen LogP contribution in [0, 0.1) is 0 Å². The van der Waals surface area contributed by atoms with Crippen LogP contribution >= 0.6 is 0 Å². The smallest absolute Gasteiger partial charge is 0.300 e. The molecule has 0 spiro atoms. The number of hydrogen-bond donors (Lipinski definition) is 2. The van der Waals surface area contributed by atoms with Crippen LogP contribution in [0.3, 0.4) is 0 Å². The van der Waals surface area contributed by atoms with E-state index in [0.29, 0.717) is 35.0 Å². The molecule has 1 atom stereocenters. The van der Waals surface area contributed by atoms with Crippen LogP contribution in [0.25, 0.3) is 5.76 Å². The van der Waals surface area contributed by atoms with Crippen molar-refractivity contribution in [2.45, 2.75) is 13.0 Å². The van der Waals surface area contributed by atoms with Crippen LogP contribution in [0.1, 0.15) is 24.1 Å². The lowest BCUT2D eigenvalue weighted by atomic mass is 9.95. The molecule has 4 aromatic carbocycles. The number of ether oxygens (including phenoxy) is 2. The number of amides is 1. The fourth-order valence-electron chi connectivity index (χ4n) is 4.47. The Morgan fingerprint density at radius 2 is 1.50 bits per heavy atom. The van der Waals surface area contributed by atoms with Gasteiger partial charge in [-0.1, -0.05) is 42.5 Å². The van der Waals surface area contributed by atoms with E-state index in [1.165, 1.54) is 11.0 Å². The maximum atomic E-state index is 13.4. The average Bonchev–Trinajstić information content (AvgIpc) is 3.20. The lowest BCUT2D eigenvalue weighted by Gasteiger charge is -2.26. The number of benzene rings is 4. The molecular formula is C31H25NO6. The molecule has 1 fully saturated rings. The number of phenols is 1. The van der Waals surface area contributed by atoms with Gasteiger partial charge in [0.05, 0.1) is 23.9 Å². The predicted octanol–water partition coefficient (Wildman–Crippen LogP) is 6.21. The standard InChI is InChI=1S/C31H25NO6/c1-2-37-22-17-15-20(16-18-22)29(34)27-28(32(31(36)30(27)35)25-13-6-7-14-26(25)33)21-9-8-12-24(19-21)38-23-10-4-3-5-11-23/h3-19,28,33-34H,2H2,1H3/b29-27-. The number of aliphatic hydroxyl groups excluding tert-OH is 1. The second-order valence-electron chi connectivity index (χ2n) is 8.60. The number of carbonyl (C=O) groups excluding carboxylic acids is 2. The highest BCUT2D eigenvalue weighted by molar-refractivity contribution is 6.51. The van der Waals surface area contributed by atoms with Gasteiger partial charge in [0.15, 0.2) is 0 Å². The normalized spacial score (nSPS) is 16.4. The van der Waals surface area contributed by atoms with Gasteiger partial charge in [-0.3, -0.25) is 14.5 Å². The molecule has 0 bridgehead atoms. The molecule has 1 saturated heterocycles. The number of Topliss-reactive ketones (excluding diaryl/α,β-unsaturated/α-hetero) is 1. The predicted molar refractivity (Wildman–Crippen MR) is 143 cm³/mol. The Morgan fingerprint density at radius 1 is 0.816 bits per heavy atom. The Morgan fingerprint density at radius 3 is 2.21 bits per heavy atom. The fourth-order valence-corrected chi connectivity index (χ4v) is 4.47. The van der Waals surface area contributed by atoms with Crippen LogP contribution < -0.4 is 14.4 Å². The molecule has 1 aliphatic rings. The fraction of sp³-hybridized carbons (Fsp3) is 0.0968. The molecule has 1 amide bonds. The number of nitrogens with zero attached hydrogens (tertiary/aromatic N) is 1. The monoisotopic (exact) mass is 507 g/mol. The Hall–Kier alpha value is -5.04. The number of carbonyl (C=O) groups is 2. The van der Waals surface area contributed by atoms with Crippen molar-refractivity contribution in [2.75, 3.05) is 11.5 Å². The molecule has 4 aromatic rings. The van der Waals surface area contributed by atoms with Gasteiger partial charge in [0.2, 0.25) is 0 Å². The minimum absolute atomic E-state index is 0.0979. The average molecular weight is 508 g/mol. The lowest BCUT2D eigenvalue weighted by Crippen LogP contribution is -2.29. The second-order valence-corrected chi connectivity index (χ2v) is 8.60. The molecule has 1 unspecified atom stereocenters. The first-order valence-corrected chi connectivity index (χ1v) is 12.1. The van der Waals surface area contributed by atoms with E-state index in [9.17, 15) is 19.8 Å². The molecule has 190 valence electrons. The Balaban J connectivity index is 1.65. The number of phenolic OH excluding ortho intramolecular Hbond substituents is 1. The van der Waals surface area contributed by atoms with Crippen molar-refractivity contribution >= 4 is 23.1 Å². The highest BCUT2D eigenvalue weighted by Crippen LogP contribution is 2.45. The molecule has 1 aliphatic heterocycles. The highest BCUT2D eigenvalue weighted by Gasteiger charge is 2.47. The molecule has 7 heteroatoms. The van der Waals surface area contributed by atoms with Crippen molar-refractivity contribution in [2.24, 2.45) is 0 Å². The summed E-state index contributed by atoms with van der Waals surface area (Å²) < 4.78 is 11.5. The zero-order chi connectivity index (χ0) is 26.6. The number of hydrogen-bond acceptors (Lipinski definition) is 6. The maximum Gasteiger partial charge on any atom is 0.300 e. The van der Waals surface area contributed by atoms with Gasteiger partial charge in [-0.2, -0.15) is 0 Å². The minimum Gasteiger partial charge on any atom is -0.507 e. The third-order valence-corrected chi connectivity index (χ3v) is 6.18. The van der Waals surface area contributed by atoms with Gasteiger partial charge >= 0.3 is 0 Å². The summed E-state index contributed by atoms with van der Waals surface area (Å²) in [5, 5.41) is 21.9. The lowest BCUT2D eigenvalue weighted by molar-refractivity contribution is -0.132. The van der Waals surface area contributed by atoms with Gasteiger partial charge in [-0.05, 0) is 73.2 Å². The summed E-state index contributed by atoms with van der Waals surface area (Å²) in [6.07, 6.45) is 0. The van der Waals surface area contributed by atoms with Crippen LogP contribution in [0.15, 0.2) is 109 Å². The molecule has 1 heterocycles. The van der Waals surface area contributed by atoms with E-state index in [4.69, 9.17) is 9.47 Å². The van der Waals surface area contributed by atoms with Gasteiger partial charge in [-0.25, -0.2) is 0 Å². The molecule has 0 saturated carbocycles. The van der Waals surface area contributed by atoms with E-state index in [2.05, 4.69) is 0 Å². The van der Waals surface area contributed by atoms with Crippen molar-refractivity contribution in [3.8, 4) is 23.0 Å². The zero-order valence-corrected chi connectivity index (χ0v) is 20.6. The molecule has 0 aliphatic carbocycles. The Labute approximate surface area is 219 Å². The number of aromatic hydroxyl groups is 1. The first kappa shape index (κ1) is 24.6. The quantitative estimate of drug-likeness (QED) is 0.175. The number of ketones is 1. The summed E-state index contributed by atoms with van der Waals surface area (Å²) in [5.74, 6) is -0.509. The Bertz CT molecular complexity index is 1510. The third-order valence-electron chi connectivity index (χ3n) is 6.18. The number of para-hydroxylation sites is 3. The van der Waals surface area contributed by atoms with Crippen LogP contribution in [-0.4, -0.2) is 28.5 Å². The molecule has 2 N–H and O–H groups in total. The van der Waals surface area contributed by atoms with Crippen molar-refractivity contribution in [3.63, 3.8) is 0 Å². The van der Waals surface area contributed by atoms with E-state index in [1.54, 1.807) is 66.7 Å². The molecule has 5 rings (SSSR count). The van der Waals surface area contributed by atoms with Gasteiger partial charge in [0, 0.05) is 5.56 Å². The molecule has 0 aromatic heterocycles. The molecular weight excluding hydrogens is 482 g/mol. The van der Waals surface area contributed by atoms with Crippen LogP contribution in [0.2, 0.25) is 0 Å². The van der Waals surface area contributed by atoms with E-state index < -0.39 is 17.7 Å². The van der Waals surface area contributed by atoms with Crippen molar-refractivity contribution in [1.29, 1.82) is 0 Å². The summed E-state index contributed by atoms with van der Waals surface area (Å²) in [7, 11) is 0. The van der Waals surface area contributed by atoms with E-state index in [1.807, 2.05) is 37.3 Å². The summed E-state index contributed by atoms with van der Waals surface area (Å²) >= 11 is 0. The molecule has 38 heavy (non-hydrogen) atoms. The van der Waals surface area contributed by atoms with Crippen LogP contribution in [0.4, 0.5) is 5.69 Å². The third kappa shape index (κ3) is 4.69. The van der Waals surface area contributed by atoms with Gasteiger partial charge < -0.3 is 19.7 Å². The summed E-state index contributed by atoms with van der Waals surface area (Å²) in [5.41, 5.74) is 0.929. The minimum atomic E-state index is -1.02. The first-order valence-electron chi connectivity index (χ1n) is 12.1. The molecule has 0 radical (unpaired) electrons. The number of rotatable bonds is 7. The van der Waals surface area contributed by atoms with E-state index in [-0.39, 0.29) is 22.8 Å². The van der Waals surface area contributed by atoms with Gasteiger partial charge in [-0.15, -0.1) is 0 Å². The van der Waals surface area contributed by atoms with Gasteiger partial charge in [0.1, 0.15) is 28.8 Å². The second kappa shape index (κ2) is 10.5. The van der Waals surface area contributed by atoms with Crippen molar-refractivity contribution in [1.82, 2.24) is 0 Å². The van der Waals surface area contributed by atoms with E-state index in [0.717, 1.165) is 0 Å². The van der Waals surface area contributed by atoms with Crippen molar-refractivity contribution in [3.05, 3.63) is 120 Å². The van der Waals surface area contributed by atoms with Crippen LogP contribution in [0.5, 0.6) is 23.0 Å². The SMILES string of the molecule is CCOc1ccc(/C(O)=C2/C(=O)C(=O)N(c3ccccc3O)C2c2cccc(Oc3ccccc3)c2)cc1. The maximum absolute atomic E-state index is 13.4. The topological polar surface area (TPSA) is 96.3 Å². The van der Waals surface area contributed by atoms with Gasteiger partial charge in [0.25, 0.3) is 11.7 Å². The zero-order valence-electron chi connectivity index (χ0n) is 20.6. The summed E-state index contributed by atoms with van der Waals surface area (Å²) in [6.45, 7) is 2.35. The largest absolute Gasteiger partial charge is 0.507 e. The van der Waals surface area contributed by atoms with E-state index >= 15 is 0 Å². The summed E-state index contributed by atoms with van der Waals surface area (Å²) in [6, 6.07) is 28.0. The Kier molecular flexibility index (Phi) is 6.82. The van der Waals surface area contributed by atoms with Crippen LogP contribution in [-0.2, 0) is 9.59 Å².